The van der Waals surface area contributed by atoms with Gasteiger partial charge in [-0.05, 0) is 43.0 Å². The molecule has 0 aliphatic heterocycles. The molecule has 128 valence electrons. The highest BCUT2D eigenvalue weighted by Crippen LogP contribution is 2.29. The molecule has 0 heterocycles. The molecule has 0 aliphatic carbocycles. The topological polar surface area (TPSA) is 47.6 Å². The molecule has 0 saturated heterocycles. The average molecular weight is 345 g/mol. The maximum atomic E-state index is 12.5. The van der Waals surface area contributed by atoms with Gasteiger partial charge in [0.05, 0.1) is 19.4 Å². The number of rotatable bonds is 8. The Morgan fingerprint density at radius 3 is 2.67 bits per heavy atom. The molecule has 5 heteroatoms. The first-order valence-electron chi connectivity index (χ1n) is 7.94. The van der Waals surface area contributed by atoms with Gasteiger partial charge in [-0.3, -0.25) is 4.79 Å². The lowest BCUT2D eigenvalue weighted by molar-refractivity contribution is 0.102. The lowest BCUT2D eigenvalue weighted by atomic mass is 10.2. The second-order valence-electron chi connectivity index (χ2n) is 5.22. The molecule has 0 saturated carbocycles. The van der Waals surface area contributed by atoms with Crippen LogP contribution in [0.3, 0.4) is 0 Å². The van der Waals surface area contributed by atoms with Crippen molar-refractivity contribution in [3.63, 3.8) is 0 Å². The number of methoxy groups -OCH3 is 1. The number of amides is 1. The van der Waals surface area contributed by atoms with Gasteiger partial charge < -0.3 is 14.8 Å². The van der Waals surface area contributed by atoms with Crippen molar-refractivity contribution in [2.24, 2.45) is 0 Å². The minimum Gasteiger partial charge on any atom is -0.493 e. The third kappa shape index (κ3) is 4.68. The van der Waals surface area contributed by atoms with E-state index in [0.29, 0.717) is 23.7 Å². The second-order valence-corrected chi connectivity index (χ2v) is 6.07. The molecule has 4 nitrogen and oxygen atoms in total. The van der Waals surface area contributed by atoms with Gasteiger partial charge in [0.2, 0.25) is 0 Å². The molecule has 2 aromatic carbocycles. The van der Waals surface area contributed by atoms with E-state index in [4.69, 9.17) is 9.47 Å². The molecule has 1 amide bonds. The van der Waals surface area contributed by atoms with Gasteiger partial charge in [-0.2, -0.15) is 0 Å². The minimum atomic E-state index is -0.171. The van der Waals surface area contributed by atoms with Crippen LogP contribution in [0, 0.1) is 0 Å². The summed E-state index contributed by atoms with van der Waals surface area (Å²) in [5.74, 6) is 1.05. The Bertz CT molecular complexity index is 688. The standard InChI is InChI=1S/C19H23NO3S/c1-4-5-12-23-16-11-10-14(13-17(16)22-2)19(21)20-15-8-6-7-9-18(15)24-3/h6-11,13H,4-5,12H2,1-3H3,(H,20,21). The number of para-hydroxylation sites is 1. The summed E-state index contributed by atoms with van der Waals surface area (Å²) >= 11 is 1.59. The van der Waals surface area contributed by atoms with E-state index in [9.17, 15) is 4.79 Å². The number of carbonyl (C=O) groups excluding carboxylic acids is 1. The van der Waals surface area contributed by atoms with Crippen molar-refractivity contribution < 1.29 is 14.3 Å². The van der Waals surface area contributed by atoms with E-state index in [0.717, 1.165) is 23.4 Å². The van der Waals surface area contributed by atoms with Gasteiger partial charge in [0, 0.05) is 10.5 Å². The van der Waals surface area contributed by atoms with E-state index < -0.39 is 0 Å². The lowest BCUT2D eigenvalue weighted by Crippen LogP contribution is -2.13. The Balaban J connectivity index is 2.14. The molecular formula is C19H23NO3S. The molecule has 24 heavy (non-hydrogen) atoms. The van der Waals surface area contributed by atoms with Crippen molar-refractivity contribution in [3.8, 4) is 11.5 Å². The number of anilines is 1. The van der Waals surface area contributed by atoms with Gasteiger partial charge in [-0.15, -0.1) is 11.8 Å². The summed E-state index contributed by atoms with van der Waals surface area (Å²) in [6.07, 6.45) is 4.03. The Morgan fingerprint density at radius 1 is 1.17 bits per heavy atom. The van der Waals surface area contributed by atoms with Crippen molar-refractivity contribution in [3.05, 3.63) is 48.0 Å². The summed E-state index contributed by atoms with van der Waals surface area (Å²) in [5.41, 5.74) is 1.34. The zero-order valence-electron chi connectivity index (χ0n) is 14.3. The summed E-state index contributed by atoms with van der Waals surface area (Å²) in [4.78, 5) is 13.5. The fourth-order valence-corrected chi connectivity index (χ4v) is 2.75. The van der Waals surface area contributed by atoms with E-state index in [1.54, 1.807) is 37.1 Å². The number of unbranched alkanes of at least 4 members (excludes halogenated alkanes) is 1. The third-order valence-corrected chi connectivity index (χ3v) is 4.33. The van der Waals surface area contributed by atoms with E-state index >= 15 is 0 Å². The maximum Gasteiger partial charge on any atom is 0.255 e. The van der Waals surface area contributed by atoms with Crippen LogP contribution in [0.15, 0.2) is 47.4 Å². The first-order chi connectivity index (χ1) is 11.7. The third-order valence-electron chi connectivity index (χ3n) is 3.54. The Hall–Kier alpha value is -2.14. The van der Waals surface area contributed by atoms with E-state index in [-0.39, 0.29) is 5.91 Å². The summed E-state index contributed by atoms with van der Waals surface area (Å²) in [7, 11) is 1.58. The molecule has 0 aromatic heterocycles. The largest absolute Gasteiger partial charge is 0.493 e. The number of thioether (sulfide) groups is 1. The fourth-order valence-electron chi connectivity index (χ4n) is 2.20. The van der Waals surface area contributed by atoms with Crippen LogP contribution < -0.4 is 14.8 Å². The molecule has 0 fully saturated rings. The number of hydrogen-bond donors (Lipinski definition) is 1. The van der Waals surface area contributed by atoms with Crippen LogP contribution in [0.5, 0.6) is 11.5 Å². The number of benzene rings is 2. The predicted molar refractivity (Wildman–Crippen MR) is 99.6 cm³/mol. The summed E-state index contributed by atoms with van der Waals surface area (Å²) in [6.45, 7) is 2.75. The number of ether oxygens (including phenoxy) is 2. The monoisotopic (exact) mass is 345 g/mol. The molecule has 0 atom stereocenters. The molecule has 1 N–H and O–H groups in total. The highest BCUT2D eigenvalue weighted by atomic mass is 32.2. The van der Waals surface area contributed by atoms with Crippen LogP contribution in [0.1, 0.15) is 30.1 Å². The summed E-state index contributed by atoms with van der Waals surface area (Å²) < 4.78 is 11.1. The van der Waals surface area contributed by atoms with Crippen LogP contribution in [0.25, 0.3) is 0 Å². The summed E-state index contributed by atoms with van der Waals surface area (Å²) in [6, 6.07) is 13.0. The lowest BCUT2D eigenvalue weighted by Gasteiger charge is -2.13. The van der Waals surface area contributed by atoms with Crippen LogP contribution in [0.4, 0.5) is 5.69 Å². The number of nitrogens with one attached hydrogen (secondary N) is 1. The van der Waals surface area contributed by atoms with Gasteiger partial charge in [0.1, 0.15) is 0 Å². The second kappa shape index (κ2) is 9.23. The van der Waals surface area contributed by atoms with Gasteiger partial charge in [0.15, 0.2) is 11.5 Å². The molecule has 0 unspecified atom stereocenters. The first-order valence-corrected chi connectivity index (χ1v) is 9.17. The van der Waals surface area contributed by atoms with Crippen LogP contribution in [0.2, 0.25) is 0 Å². The van der Waals surface area contributed by atoms with Gasteiger partial charge >= 0.3 is 0 Å². The first kappa shape index (κ1) is 18.2. The van der Waals surface area contributed by atoms with Crippen LogP contribution >= 0.6 is 11.8 Å². The van der Waals surface area contributed by atoms with Gasteiger partial charge in [-0.1, -0.05) is 25.5 Å². The Morgan fingerprint density at radius 2 is 1.96 bits per heavy atom. The van der Waals surface area contributed by atoms with Gasteiger partial charge in [-0.25, -0.2) is 0 Å². The number of carbonyl (C=O) groups is 1. The van der Waals surface area contributed by atoms with E-state index in [1.807, 2.05) is 30.5 Å². The van der Waals surface area contributed by atoms with Crippen molar-refractivity contribution >= 4 is 23.4 Å². The van der Waals surface area contributed by atoms with Crippen molar-refractivity contribution in [2.45, 2.75) is 24.7 Å². The molecule has 0 bridgehead atoms. The van der Waals surface area contributed by atoms with E-state index in [1.165, 1.54) is 0 Å². The maximum absolute atomic E-state index is 12.5. The van der Waals surface area contributed by atoms with Crippen LogP contribution in [-0.4, -0.2) is 25.9 Å². The zero-order chi connectivity index (χ0) is 17.4. The van der Waals surface area contributed by atoms with Crippen LogP contribution in [-0.2, 0) is 0 Å². The van der Waals surface area contributed by atoms with Crippen molar-refractivity contribution in [2.75, 3.05) is 25.3 Å². The average Bonchev–Trinajstić information content (AvgIpc) is 2.62. The molecule has 0 spiro atoms. The highest BCUT2D eigenvalue weighted by molar-refractivity contribution is 7.98. The molecular weight excluding hydrogens is 322 g/mol. The Kier molecular flexibility index (Phi) is 7.00. The van der Waals surface area contributed by atoms with Crippen molar-refractivity contribution in [1.29, 1.82) is 0 Å². The van der Waals surface area contributed by atoms with E-state index in [2.05, 4.69) is 12.2 Å². The molecule has 2 rings (SSSR count). The highest BCUT2D eigenvalue weighted by Gasteiger charge is 2.12. The quantitative estimate of drug-likeness (QED) is 0.549. The minimum absolute atomic E-state index is 0.171. The molecule has 0 aliphatic rings. The molecule has 0 radical (unpaired) electrons. The fraction of sp³-hybridized carbons (Fsp3) is 0.316. The SMILES string of the molecule is CCCCOc1ccc(C(=O)Nc2ccccc2SC)cc1OC. The smallest absolute Gasteiger partial charge is 0.255 e. The summed E-state index contributed by atoms with van der Waals surface area (Å²) in [5, 5.41) is 2.94. The number of hydrogen-bond acceptors (Lipinski definition) is 4. The predicted octanol–water partition coefficient (Wildman–Crippen LogP) is 4.85. The normalized spacial score (nSPS) is 10.3. The van der Waals surface area contributed by atoms with Crippen molar-refractivity contribution in [1.82, 2.24) is 0 Å². The Labute approximate surface area is 147 Å². The van der Waals surface area contributed by atoms with Gasteiger partial charge in [0.25, 0.3) is 5.91 Å². The zero-order valence-corrected chi connectivity index (χ0v) is 15.1. The molecule has 2 aromatic rings.